The van der Waals surface area contributed by atoms with Gasteiger partial charge in [0, 0.05) is 6.54 Å². The van der Waals surface area contributed by atoms with Gasteiger partial charge in [0.2, 0.25) is 0 Å². The number of rotatable bonds is 5. The third-order valence-electron chi connectivity index (χ3n) is 2.34. The monoisotopic (exact) mass is 268 g/mol. The molecule has 4 nitrogen and oxygen atoms in total. The Labute approximate surface area is 110 Å². The van der Waals surface area contributed by atoms with Crippen molar-refractivity contribution < 1.29 is 18.3 Å². The molecule has 1 aromatic carbocycles. The van der Waals surface area contributed by atoms with Crippen molar-refractivity contribution in [1.29, 1.82) is 5.26 Å². The van der Waals surface area contributed by atoms with Gasteiger partial charge >= 0.3 is 6.61 Å². The van der Waals surface area contributed by atoms with Gasteiger partial charge in [-0.3, -0.25) is 4.79 Å². The minimum absolute atomic E-state index is 0.0107. The van der Waals surface area contributed by atoms with Gasteiger partial charge in [-0.2, -0.15) is 14.0 Å². The minimum Gasteiger partial charge on any atom is -0.434 e. The van der Waals surface area contributed by atoms with Crippen LogP contribution < -0.4 is 10.1 Å². The highest BCUT2D eigenvalue weighted by molar-refractivity contribution is 5.96. The highest BCUT2D eigenvalue weighted by Gasteiger charge is 2.20. The van der Waals surface area contributed by atoms with Crippen molar-refractivity contribution in [2.24, 2.45) is 5.41 Å². The first kappa shape index (κ1) is 14.9. The van der Waals surface area contributed by atoms with Crippen LogP contribution in [0.1, 0.15) is 24.2 Å². The first-order valence-electron chi connectivity index (χ1n) is 5.59. The van der Waals surface area contributed by atoms with Gasteiger partial charge in [-0.1, -0.05) is 12.1 Å². The molecule has 0 heterocycles. The molecule has 0 aromatic heterocycles. The quantitative estimate of drug-likeness (QED) is 0.892. The Kier molecular flexibility index (Phi) is 4.81. The number of nitriles is 1. The van der Waals surface area contributed by atoms with Gasteiger partial charge in [0.25, 0.3) is 5.91 Å². The summed E-state index contributed by atoms with van der Waals surface area (Å²) in [5.74, 6) is -0.746. The van der Waals surface area contributed by atoms with Gasteiger partial charge in [-0.15, -0.1) is 0 Å². The van der Waals surface area contributed by atoms with Crippen LogP contribution in [0.5, 0.6) is 5.75 Å². The molecule has 0 saturated heterocycles. The van der Waals surface area contributed by atoms with Crippen molar-refractivity contribution in [3.63, 3.8) is 0 Å². The molecule has 19 heavy (non-hydrogen) atoms. The molecule has 1 amide bonds. The van der Waals surface area contributed by atoms with Crippen molar-refractivity contribution in [1.82, 2.24) is 5.32 Å². The number of halogens is 2. The second-order valence-corrected chi connectivity index (χ2v) is 4.55. The van der Waals surface area contributed by atoms with Gasteiger partial charge in [-0.05, 0) is 26.0 Å². The van der Waals surface area contributed by atoms with E-state index in [9.17, 15) is 13.6 Å². The van der Waals surface area contributed by atoms with E-state index in [-0.39, 0.29) is 17.9 Å². The molecule has 0 radical (unpaired) electrons. The smallest absolute Gasteiger partial charge is 0.387 e. The third kappa shape index (κ3) is 4.54. The minimum atomic E-state index is -3.00. The molecule has 1 rings (SSSR count). The van der Waals surface area contributed by atoms with E-state index in [4.69, 9.17) is 5.26 Å². The zero-order chi connectivity index (χ0) is 14.5. The number of carbonyl (C=O) groups excluding carboxylic acids is 1. The summed E-state index contributed by atoms with van der Waals surface area (Å²) < 4.78 is 28.7. The molecule has 0 fully saturated rings. The average molecular weight is 268 g/mol. The molecule has 0 aliphatic heterocycles. The highest BCUT2D eigenvalue weighted by atomic mass is 19.3. The molecule has 0 aliphatic rings. The zero-order valence-corrected chi connectivity index (χ0v) is 10.6. The standard InChI is InChI=1S/C13H14F2N2O2/c1-13(2,7-16)8-17-11(18)9-5-3-4-6-10(9)19-12(14)15/h3-6,12H,8H2,1-2H3,(H,17,18). The summed E-state index contributed by atoms with van der Waals surface area (Å²) in [5, 5.41) is 11.3. The molecular weight excluding hydrogens is 254 g/mol. The number of benzene rings is 1. The summed E-state index contributed by atoms with van der Waals surface area (Å²) in [5.41, 5.74) is -0.717. The molecule has 0 spiro atoms. The molecule has 1 aromatic rings. The Bertz CT molecular complexity index is 496. The number of carbonyl (C=O) groups is 1. The van der Waals surface area contributed by atoms with Gasteiger partial charge < -0.3 is 10.1 Å². The average Bonchev–Trinajstić information content (AvgIpc) is 2.36. The van der Waals surface area contributed by atoms with Crippen molar-refractivity contribution in [2.75, 3.05) is 6.54 Å². The predicted molar refractivity (Wildman–Crippen MR) is 64.8 cm³/mol. The topological polar surface area (TPSA) is 62.1 Å². The van der Waals surface area contributed by atoms with Crippen molar-refractivity contribution in [3.05, 3.63) is 29.8 Å². The SMILES string of the molecule is CC(C)(C#N)CNC(=O)c1ccccc1OC(F)F. The number of hydrogen-bond donors (Lipinski definition) is 1. The van der Waals surface area contributed by atoms with Crippen LogP contribution in [0.15, 0.2) is 24.3 Å². The van der Waals surface area contributed by atoms with E-state index >= 15 is 0 Å². The molecular formula is C13H14F2N2O2. The van der Waals surface area contributed by atoms with Crippen LogP contribution in [0.2, 0.25) is 0 Å². The number of amides is 1. The van der Waals surface area contributed by atoms with E-state index in [2.05, 4.69) is 10.1 Å². The van der Waals surface area contributed by atoms with Crippen molar-refractivity contribution in [2.45, 2.75) is 20.5 Å². The van der Waals surface area contributed by atoms with E-state index in [0.29, 0.717) is 0 Å². The molecule has 0 unspecified atom stereocenters. The summed E-state index contributed by atoms with van der Waals surface area (Å²) in [6.07, 6.45) is 0. The van der Waals surface area contributed by atoms with Gasteiger partial charge in [0.15, 0.2) is 0 Å². The molecule has 0 bridgehead atoms. The van der Waals surface area contributed by atoms with E-state index in [1.807, 2.05) is 6.07 Å². The second-order valence-electron chi connectivity index (χ2n) is 4.55. The van der Waals surface area contributed by atoms with Crippen LogP contribution in [0.3, 0.4) is 0 Å². The van der Waals surface area contributed by atoms with Crippen molar-refractivity contribution >= 4 is 5.91 Å². The van der Waals surface area contributed by atoms with E-state index in [0.717, 1.165) is 0 Å². The maximum absolute atomic E-state index is 12.2. The fourth-order valence-corrected chi connectivity index (χ4v) is 1.29. The normalized spacial score (nSPS) is 10.9. The summed E-state index contributed by atoms with van der Waals surface area (Å²) in [6.45, 7) is 0.444. The molecule has 6 heteroatoms. The number of ether oxygens (including phenoxy) is 1. The van der Waals surface area contributed by atoms with E-state index in [1.54, 1.807) is 19.9 Å². The lowest BCUT2D eigenvalue weighted by molar-refractivity contribution is -0.0501. The maximum Gasteiger partial charge on any atom is 0.387 e. The largest absolute Gasteiger partial charge is 0.434 e. The maximum atomic E-state index is 12.2. The Morgan fingerprint density at radius 3 is 2.68 bits per heavy atom. The first-order chi connectivity index (χ1) is 8.85. The van der Waals surface area contributed by atoms with Crippen LogP contribution in [-0.4, -0.2) is 19.1 Å². The fraction of sp³-hybridized carbons (Fsp3) is 0.385. The Morgan fingerprint density at radius 1 is 1.47 bits per heavy atom. The van der Waals surface area contributed by atoms with Crippen molar-refractivity contribution in [3.8, 4) is 11.8 Å². The van der Waals surface area contributed by atoms with Crippen LogP contribution in [0.25, 0.3) is 0 Å². The fourth-order valence-electron chi connectivity index (χ4n) is 1.29. The third-order valence-corrected chi connectivity index (χ3v) is 2.34. The van der Waals surface area contributed by atoms with Gasteiger partial charge in [0.05, 0.1) is 17.0 Å². The van der Waals surface area contributed by atoms with E-state index < -0.39 is 17.9 Å². The lowest BCUT2D eigenvalue weighted by atomic mass is 9.96. The first-order valence-corrected chi connectivity index (χ1v) is 5.59. The van der Waals surface area contributed by atoms with Crippen LogP contribution in [-0.2, 0) is 0 Å². The van der Waals surface area contributed by atoms with E-state index in [1.165, 1.54) is 18.2 Å². The molecule has 1 N–H and O–H groups in total. The predicted octanol–water partition coefficient (Wildman–Crippen LogP) is 2.57. The molecule has 0 saturated carbocycles. The van der Waals surface area contributed by atoms with Crippen LogP contribution in [0.4, 0.5) is 8.78 Å². The molecule has 0 aliphatic carbocycles. The summed E-state index contributed by atoms with van der Waals surface area (Å²) in [7, 11) is 0. The number of para-hydroxylation sites is 1. The van der Waals surface area contributed by atoms with Crippen LogP contribution >= 0.6 is 0 Å². The number of nitrogens with zero attached hydrogens (tertiary/aromatic N) is 1. The zero-order valence-electron chi connectivity index (χ0n) is 10.6. The molecule has 0 atom stereocenters. The number of hydrogen-bond acceptors (Lipinski definition) is 3. The van der Waals surface area contributed by atoms with Crippen LogP contribution in [0, 0.1) is 16.7 Å². The Morgan fingerprint density at radius 2 is 2.11 bits per heavy atom. The summed E-state index contributed by atoms with van der Waals surface area (Å²) in [6, 6.07) is 7.74. The summed E-state index contributed by atoms with van der Waals surface area (Å²) >= 11 is 0. The van der Waals surface area contributed by atoms with Gasteiger partial charge in [0.1, 0.15) is 5.75 Å². The Balaban J connectivity index is 2.80. The second kappa shape index (κ2) is 6.14. The number of alkyl halides is 2. The Hall–Kier alpha value is -2.16. The van der Waals surface area contributed by atoms with Gasteiger partial charge in [-0.25, -0.2) is 0 Å². The lowest BCUT2D eigenvalue weighted by Gasteiger charge is -2.16. The lowest BCUT2D eigenvalue weighted by Crippen LogP contribution is -2.33. The molecule has 102 valence electrons. The highest BCUT2D eigenvalue weighted by Crippen LogP contribution is 2.20. The number of nitrogens with one attached hydrogen (secondary N) is 1. The summed E-state index contributed by atoms with van der Waals surface area (Å²) in [4.78, 5) is 11.9.